The number of carbonyl (C=O) groups is 1. The summed E-state index contributed by atoms with van der Waals surface area (Å²) in [7, 11) is 0. The first-order valence-corrected chi connectivity index (χ1v) is 6.39. The molecule has 0 aromatic carbocycles. The van der Waals surface area contributed by atoms with E-state index in [0.29, 0.717) is 0 Å². The van der Waals surface area contributed by atoms with Gasteiger partial charge in [0.15, 0.2) is 0 Å². The highest BCUT2D eigenvalue weighted by Crippen LogP contribution is 2.41. The van der Waals surface area contributed by atoms with Gasteiger partial charge < -0.3 is 5.32 Å². The topological polar surface area (TPSA) is 58.1 Å². The van der Waals surface area contributed by atoms with Gasteiger partial charge in [0.05, 0.1) is 5.41 Å². The van der Waals surface area contributed by atoms with Crippen LogP contribution in [0.1, 0.15) is 19.3 Å². The Bertz CT molecular complexity index is 386. The van der Waals surface area contributed by atoms with E-state index in [1.54, 1.807) is 0 Å². The lowest BCUT2D eigenvalue weighted by Crippen LogP contribution is -2.42. The van der Waals surface area contributed by atoms with Crippen LogP contribution in [0.4, 0.5) is 5.13 Å². The summed E-state index contributed by atoms with van der Waals surface area (Å²) in [5.41, 5.74) is -0.114. The van der Waals surface area contributed by atoms with Gasteiger partial charge >= 0.3 is 0 Å². The molecule has 5 nitrogen and oxygen atoms in total. The molecule has 0 bridgehead atoms. The van der Waals surface area contributed by atoms with Crippen molar-refractivity contribution in [2.45, 2.75) is 19.3 Å². The third-order valence-corrected chi connectivity index (χ3v) is 4.34. The van der Waals surface area contributed by atoms with Crippen LogP contribution in [0.2, 0.25) is 0 Å². The van der Waals surface area contributed by atoms with Gasteiger partial charge in [-0.25, -0.2) is 4.98 Å². The first-order chi connectivity index (χ1) is 7.82. The smallest absolute Gasteiger partial charge is 0.235 e. The molecule has 1 aromatic rings. The Kier molecular flexibility index (Phi) is 2.40. The molecule has 3 heterocycles. The fraction of sp³-hybridized carbons (Fsp3) is 0.700. The van der Waals surface area contributed by atoms with Crippen molar-refractivity contribution in [1.82, 2.24) is 14.7 Å². The quantitative estimate of drug-likeness (QED) is 0.780. The highest BCUT2D eigenvalue weighted by atomic mass is 32.1. The summed E-state index contributed by atoms with van der Waals surface area (Å²) < 4.78 is 3.96. The molecule has 86 valence electrons. The van der Waals surface area contributed by atoms with E-state index in [1.165, 1.54) is 17.9 Å². The van der Waals surface area contributed by atoms with Crippen LogP contribution in [0.3, 0.4) is 0 Å². The summed E-state index contributed by atoms with van der Waals surface area (Å²) in [6.07, 6.45) is 4.40. The van der Waals surface area contributed by atoms with Gasteiger partial charge in [0.1, 0.15) is 6.33 Å². The molecule has 1 aromatic heterocycles. The minimum absolute atomic E-state index is 0.114. The van der Waals surface area contributed by atoms with E-state index in [1.807, 2.05) is 4.90 Å². The van der Waals surface area contributed by atoms with Gasteiger partial charge in [-0.15, -0.1) is 0 Å². The zero-order valence-corrected chi connectivity index (χ0v) is 9.79. The predicted molar refractivity (Wildman–Crippen MR) is 61.4 cm³/mol. The maximum Gasteiger partial charge on any atom is 0.235 e. The van der Waals surface area contributed by atoms with Crippen LogP contribution < -0.4 is 10.2 Å². The summed E-state index contributed by atoms with van der Waals surface area (Å²) >= 11 is 1.30. The fourth-order valence-corrected chi connectivity index (χ4v) is 3.21. The fourth-order valence-electron chi connectivity index (χ4n) is 2.66. The van der Waals surface area contributed by atoms with Crippen LogP contribution in [0.25, 0.3) is 0 Å². The highest BCUT2D eigenvalue weighted by molar-refractivity contribution is 7.09. The van der Waals surface area contributed by atoms with Gasteiger partial charge in [-0.2, -0.15) is 4.37 Å². The number of nitrogens with one attached hydrogen (secondary N) is 1. The molecule has 1 spiro atoms. The average molecular weight is 238 g/mol. The second-order valence-corrected chi connectivity index (χ2v) is 5.22. The molecule has 1 N–H and O–H groups in total. The van der Waals surface area contributed by atoms with Crippen molar-refractivity contribution in [1.29, 1.82) is 0 Å². The summed E-state index contributed by atoms with van der Waals surface area (Å²) in [6.45, 7) is 2.71. The molecular weight excluding hydrogens is 224 g/mol. The number of aromatic nitrogens is 2. The molecule has 16 heavy (non-hydrogen) atoms. The minimum atomic E-state index is -0.114. The summed E-state index contributed by atoms with van der Waals surface area (Å²) in [4.78, 5) is 18.3. The van der Waals surface area contributed by atoms with E-state index in [4.69, 9.17) is 0 Å². The largest absolute Gasteiger partial charge is 0.317 e. The van der Waals surface area contributed by atoms with Gasteiger partial charge in [0, 0.05) is 18.1 Å². The molecule has 0 unspecified atom stereocenters. The standard InChI is InChI=1S/C10H14N4OS/c15-8-10(1-4-11-5-2-10)3-6-14(8)9-12-7-13-16-9/h7,11H,1-6H2. The molecule has 2 fully saturated rings. The Morgan fingerprint density at radius 3 is 2.88 bits per heavy atom. The van der Waals surface area contributed by atoms with Crippen LogP contribution in [-0.2, 0) is 4.79 Å². The van der Waals surface area contributed by atoms with Crippen molar-refractivity contribution in [3.63, 3.8) is 0 Å². The Morgan fingerprint density at radius 2 is 2.19 bits per heavy atom. The first-order valence-electron chi connectivity index (χ1n) is 5.61. The van der Waals surface area contributed by atoms with E-state index >= 15 is 0 Å². The molecule has 0 radical (unpaired) electrons. The number of amides is 1. The summed E-state index contributed by atoms with van der Waals surface area (Å²) in [6, 6.07) is 0. The lowest BCUT2D eigenvalue weighted by Gasteiger charge is -2.31. The van der Waals surface area contributed by atoms with E-state index in [-0.39, 0.29) is 11.3 Å². The van der Waals surface area contributed by atoms with Crippen LogP contribution in [0.15, 0.2) is 6.33 Å². The van der Waals surface area contributed by atoms with Gasteiger partial charge in [-0.3, -0.25) is 9.69 Å². The third-order valence-electron chi connectivity index (χ3n) is 3.65. The molecule has 0 aliphatic carbocycles. The Hall–Kier alpha value is -1.01. The van der Waals surface area contributed by atoms with Gasteiger partial charge in [0.25, 0.3) is 0 Å². The Labute approximate surface area is 98.0 Å². The van der Waals surface area contributed by atoms with Gasteiger partial charge in [-0.1, -0.05) is 0 Å². The van der Waals surface area contributed by atoms with Crippen molar-refractivity contribution in [3.05, 3.63) is 6.33 Å². The van der Waals surface area contributed by atoms with Crippen molar-refractivity contribution in [3.8, 4) is 0 Å². The number of carbonyl (C=O) groups excluding carboxylic acids is 1. The zero-order valence-electron chi connectivity index (χ0n) is 8.98. The maximum absolute atomic E-state index is 12.4. The second kappa shape index (κ2) is 3.78. The number of hydrogen-bond donors (Lipinski definition) is 1. The lowest BCUT2D eigenvalue weighted by molar-refractivity contribution is -0.126. The number of nitrogens with zero attached hydrogens (tertiary/aromatic N) is 3. The van der Waals surface area contributed by atoms with E-state index < -0.39 is 0 Å². The minimum Gasteiger partial charge on any atom is -0.317 e. The molecule has 2 aliphatic heterocycles. The summed E-state index contributed by atoms with van der Waals surface area (Å²) in [5.74, 6) is 0.255. The second-order valence-electron chi connectivity index (χ2n) is 4.46. The van der Waals surface area contributed by atoms with Gasteiger partial charge in [0.2, 0.25) is 11.0 Å². The number of anilines is 1. The molecule has 3 rings (SSSR count). The normalized spacial score (nSPS) is 24.2. The average Bonchev–Trinajstić information content (AvgIpc) is 2.92. The molecule has 2 aliphatic rings. The molecule has 6 heteroatoms. The van der Waals surface area contributed by atoms with Crippen molar-refractivity contribution in [2.24, 2.45) is 5.41 Å². The first kappa shape index (κ1) is 10.2. The van der Waals surface area contributed by atoms with Crippen molar-refractivity contribution < 1.29 is 4.79 Å². The number of piperidine rings is 1. The van der Waals surface area contributed by atoms with E-state index in [0.717, 1.165) is 44.0 Å². The number of rotatable bonds is 1. The summed E-state index contributed by atoms with van der Waals surface area (Å²) in [5, 5.41) is 4.06. The molecule has 2 saturated heterocycles. The monoisotopic (exact) mass is 238 g/mol. The zero-order chi connectivity index (χ0) is 11.0. The van der Waals surface area contributed by atoms with Gasteiger partial charge in [-0.05, 0) is 32.4 Å². The molecule has 0 atom stereocenters. The van der Waals surface area contributed by atoms with E-state index in [2.05, 4.69) is 14.7 Å². The molecular formula is C10H14N4OS. The molecule has 1 amide bonds. The van der Waals surface area contributed by atoms with Crippen LogP contribution in [0.5, 0.6) is 0 Å². The Balaban J connectivity index is 1.84. The van der Waals surface area contributed by atoms with E-state index in [9.17, 15) is 4.79 Å². The van der Waals surface area contributed by atoms with Crippen LogP contribution in [-0.4, -0.2) is 34.9 Å². The molecule has 0 saturated carbocycles. The van der Waals surface area contributed by atoms with Crippen molar-refractivity contribution in [2.75, 3.05) is 24.5 Å². The van der Waals surface area contributed by atoms with Crippen LogP contribution >= 0.6 is 11.5 Å². The SMILES string of the molecule is O=C1N(c2ncns2)CCC12CCNCC2. The van der Waals surface area contributed by atoms with Crippen LogP contribution in [0, 0.1) is 5.41 Å². The lowest BCUT2D eigenvalue weighted by atomic mass is 9.78. The van der Waals surface area contributed by atoms with Crippen molar-refractivity contribution >= 4 is 22.6 Å². The highest BCUT2D eigenvalue weighted by Gasteiger charge is 2.47. The Morgan fingerprint density at radius 1 is 1.38 bits per heavy atom. The predicted octanol–water partition coefficient (Wildman–Crippen LogP) is 0.645. The third kappa shape index (κ3) is 1.44. The maximum atomic E-state index is 12.4. The number of hydrogen-bond acceptors (Lipinski definition) is 5.